The number of pyridine rings is 1. The summed E-state index contributed by atoms with van der Waals surface area (Å²) in [4.78, 5) is 6.79. The molecule has 2 rings (SSSR count). The van der Waals surface area contributed by atoms with Gasteiger partial charge in [0.2, 0.25) is 5.88 Å². The van der Waals surface area contributed by atoms with Gasteiger partial charge in [0.05, 0.1) is 23.2 Å². The van der Waals surface area contributed by atoms with Crippen molar-refractivity contribution >= 4 is 17.6 Å². The smallest absolute Gasteiger partial charge is 0.216 e. The number of aliphatic hydroxyl groups is 1. The van der Waals surface area contributed by atoms with Gasteiger partial charge < -0.3 is 19.8 Å². The molecule has 0 saturated carbocycles. The minimum atomic E-state index is -0.946. The van der Waals surface area contributed by atoms with Crippen LogP contribution in [0, 0.1) is 0 Å². The maximum Gasteiger partial charge on any atom is 0.216 e. The number of nitrogens with zero attached hydrogens (tertiary/aromatic N) is 3. The molecule has 0 aliphatic heterocycles. The van der Waals surface area contributed by atoms with Crippen LogP contribution in [0.15, 0.2) is 41.5 Å². The number of aromatic hydroxyl groups is 1. The molecule has 1 aromatic heterocycles. The third-order valence-corrected chi connectivity index (χ3v) is 3.99. The van der Waals surface area contributed by atoms with Crippen LogP contribution < -0.4 is 15.1 Å². The topological polar surface area (TPSA) is 90.2 Å². The number of phenols is 1. The van der Waals surface area contributed by atoms with E-state index in [4.69, 9.17) is 4.74 Å². The van der Waals surface area contributed by atoms with Crippen molar-refractivity contribution in [1.29, 1.82) is 0 Å². The lowest BCUT2D eigenvalue weighted by Gasteiger charge is -2.25. The van der Waals surface area contributed by atoms with Gasteiger partial charge in [0.15, 0.2) is 0 Å². The molecule has 3 N–H and O–H groups in total. The molecule has 0 fully saturated rings. The molecule has 0 radical (unpaired) electrons. The average Bonchev–Trinajstić information content (AvgIpc) is 2.81. The Balaban J connectivity index is 0.00000242. The molecule has 0 amide bonds. The molecule has 33 heavy (non-hydrogen) atoms. The van der Waals surface area contributed by atoms with E-state index in [2.05, 4.69) is 34.3 Å². The molecule has 7 heteroatoms. The number of aromatic nitrogens is 1. The first-order valence-corrected chi connectivity index (χ1v) is 12.0. The predicted octanol–water partition coefficient (Wildman–Crippen LogP) is 6.06. The summed E-state index contributed by atoms with van der Waals surface area (Å²) in [6.07, 6.45) is 3.70. The average molecular weight is 461 g/mol. The lowest BCUT2D eigenvalue weighted by Crippen LogP contribution is -2.28. The fourth-order valence-electron chi connectivity index (χ4n) is 2.70. The highest BCUT2D eigenvalue weighted by atomic mass is 16.5. The Morgan fingerprint density at radius 3 is 2.12 bits per heavy atom. The Labute approximate surface area is 200 Å². The molecule has 0 bridgehead atoms. The Hall–Kier alpha value is -2.80. The standard InChI is InChI=1S/C22H32N4O3.2C2H6/c1-5-11-26(12-6-2)19-13-18(24-21(14-19)29-16-22(3,4)28)15-23-25-17-7-9-20(27)10-8-17;2*1-2/h7-10,13-15,25,27-28H,5-6,11-12,16H2,1-4H3;2*1-2H3/b23-15+;;. The SMILES string of the molecule is CC.CC.CCCN(CCC)c1cc(/C=N/Nc2ccc(O)cc2)nc(OCC(C)(C)O)c1. The van der Waals surface area contributed by atoms with Crippen molar-refractivity contribution in [3.05, 3.63) is 42.1 Å². The lowest BCUT2D eigenvalue weighted by atomic mass is 10.2. The second-order valence-corrected chi connectivity index (χ2v) is 7.59. The first-order valence-electron chi connectivity index (χ1n) is 12.0. The third-order valence-electron chi connectivity index (χ3n) is 3.99. The van der Waals surface area contributed by atoms with E-state index in [1.807, 2.05) is 39.8 Å². The zero-order chi connectivity index (χ0) is 25.3. The van der Waals surface area contributed by atoms with Crippen molar-refractivity contribution in [3.63, 3.8) is 0 Å². The van der Waals surface area contributed by atoms with Crippen LogP contribution in [0.3, 0.4) is 0 Å². The van der Waals surface area contributed by atoms with E-state index < -0.39 is 5.60 Å². The zero-order valence-electron chi connectivity index (χ0n) is 21.7. The van der Waals surface area contributed by atoms with Crippen molar-refractivity contribution < 1.29 is 14.9 Å². The number of benzene rings is 1. The molecular formula is C26H44N4O3. The summed E-state index contributed by atoms with van der Waals surface area (Å²) in [7, 11) is 0. The molecule has 0 aliphatic rings. The largest absolute Gasteiger partial charge is 0.508 e. The van der Waals surface area contributed by atoms with Crippen molar-refractivity contribution in [2.75, 3.05) is 30.0 Å². The second kappa shape index (κ2) is 16.8. The Bertz CT molecular complexity index is 781. The number of hydrazone groups is 1. The maximum absolute atomic E-state index is 9.96. The lowest BCUT2D eigenvalue weighted by molar-refractivity contribution is 0.0268. The summed E-state index contributed by atoms with van der Waals surface area (Å²) in [5, 5.41) is 23.6. The number of rotatable bonds is 11. The van der Waals surface area contributed by atoms with Crippen LogP contribution in [-0.2, 0) is 0 Å². The summed E-state index contributed by atoms with van der Waals surface area (Å²) in [6, 6.07) is 10.5. The van der Waals surface area contributed by atoms with Crippen molar-refractivity contribution in [1.82, 2.24) is 4.98 Å². The van der Waals surface area contributed by atoms with Crippen LogP contribution in [0.25, 0.3) is 0 Å². The molecule has 1 aromatic carbocycles. The monoisotopic (exact) mass is 460 g/mol. The summed E-state index contributed by atoms with van der Waals surface area (Å²) in [5.41, 5.74) is 4.39. The van der Waals surface area contributed by atoms with Gasteiger partial charge in [-0.2, -0.15) is 5.10 Å². The van der Waals surface area contributed by atoms with E-state index in [9.17, 15) is 10.2 Å². The molecule has 2 aromatic rings. The van der Waals surface area contributed by atoms with E-state index in [0.717, 1.165) is 37.3 Å². The van der Waals surface area contributed by atoms with Crippen molar-refractivity contribution in [2.24, 2.45) is 5.10 Å². The van der Waals surface area contributed by atoms with Crippen LogP contribution in [0.4, 0.5) is 11.4 Å². The molecule has 0 aliphatic carbocycles. The summed E-state index contributed by atoms with van der Waals surface area (Å²) < 4.78 is 5.74. The van der Waals surface area contributed by atoms with Gasteiger partial charge in [0.25, 0.3) is 0 Å². The molecule has 0 saturated heterocycles. The first kappa shape index (κ1) is 30.2. The summed E-state index contributed by atoms with van der Waals surface area (Å²) in [6.45, 7) is 17.7. The van der Waals surface area contributed by atoms with E-state index >= 15 is 0 Å². The number of nitrogens with one attached hydrogen (secondary N) is 1. The number of hydrogen-bond donors (Lipinski definition) is 3. The molecule has 0 atom stereocenters. The van der Waals surface area contributed by atoms with E-state index in [1.165, 1.54) is 0 Å². The van der Waals surface area contributed by atoms with Gasteiger partial charge in [0.1, 0.15) is 12.4 Å². The van der Waals surface area contributed by atoms with Gasteiger partial charge in [-0.05, 0) is 57.0 Å². The van der Waals surface area contributed by atoms with Crippen molar-refractivity contribution in [2.45, 2.75) is 73.8 Å². The highest BCUT2D eigenvalue weighted by molar-refractivity contribution is 5.80. The van der Waals surface area contributed by atoms with Crippen molar-refractivity contribution in [3.8, 4) is 11.6 Å². The van der Waals surface area contributed by atoms with E-state index in [0.29, 0.717) is 11.6 Å². The van der Waals surface area contributed by atoms with Gasteiger partial charge in [-0.25, -0.2) is 4.98 Å². The van der Waals surface area contributed by atoms with Crippen LogP contribution >= 0.6 is 0 Å². The van der Waals surface area contributed by atoms with Gasteiger partial charge in [-0.1, -0.05) is 41.5 Å². The minimum Gasteiger partial charge on any atom is -0.508 e. The summed E-state index contributed by atoms with van der Waals surface area (Å²) >= 11 is 0. The molecular weight excluding hydrogens is 416 g/mol. The molecule has 7 nitrogen and oxygen atoms in total. The minimum absolute atomic E-state index is 0.146. The Morgan fingerprint density at radius 1 is 1.03 bits per heavy atom. The van der Waals surface area contributed by atoms with Crippen LogP contribution in [0.1, 0.15) is 73.9 Å². The fraction of sp³-hybridized carbons (Fsp3) is 0.538. The Morgan fingerprint density at radius 2 is 1.61 bits per heavy atom. The fourth-order valence-corrected chi connectivity index (χ4v) is 2.70. The van der Waals surface area contributed by atoms with Crippen LogP contribution in [0.5, 0.6) is 11.6 Å². The third kappa shape index (κ3) is 12.7. The number of ether oxygens (including phenoxy) is 1. The second-order valence-electron chi connectivity index (χ2n) is 7.59. The van der Waals surface area contributed by atoms with Gasteiger partial charge in [0, 0.05) is 24.8 Å². The number of anilines is 2. The van der Waals surface area contributed by atoms with Gasteiger partial charge >= 0.3 is 0 Å². The molecule has 186 valence electrons. The highest BCUT2D eigenvalue weighted by Gasteiger charge is 2.15. The predicted molar refractivity (Wildman–Crippen MR) is 141 cm³/mol. The van der Waals surface area contributed by atoms with Crippen LogP contribution in [-0.4, -0.2) is 46.7 Å². The van der Waals surface area contributed by atoms with E-state index in [-0.39, 0.29) is 12.4 Å². The molecule has 1 heterocycles. The Kier molecular flexibility index (Phi) is 15.4. The maximum atomic E-state index is 9.96. The van der Waals surface area contributed by atoms with Gasteiger partial charge in [-0.15, -0.1) is 0 Å². The molecule has 0 unspecified atom stereocenters. The normalized spacial score (nSPS) is 10.6. The first-order chi connectivity index (χ1) is 15.8. The highest BCUT2D eigenvalue weighted by Crippen LogP contribution is 2.22. The van der Waals surface area contributed by atoms with Crippen LogP contribution in [0.2, 0.25) is 0 Å². The zero-order valence-corrected chi connectivity index (χ0v) is 21.7. The quantitative estimate of drug-likeness (QED) is 0.214. The van der Waals surface area contributed by atoms with Gasteiger partial charge in [-0.3, -0.25) is 5.43 Å². The van der Waals surface area contributed by atoms with E-state index in [1.54, 1.807) is 44.3 Å². The summed E-state index contributed by atoms with van der Waals surface area (Å²) in [5.74, 6) is 0.655. The number of hydrogen-bond acceptors (Lipinski definition) is 7. The number of phenolic OH excluding ortho intramolecular Hbond substituents is 1. The molecule has 0 spiro atoms.